The Labute approximate surface area is 131 Å². The largest absolute Gasteiger partial charge is 0.469 e. The highest BCUT2D eigenvalue weighted by Crippen LogP contribution is 2.39. The Kier molecular flexibility index (Phi) is 5.12. The van der Waals surface area contributed by atoms with E-state index in [1.54, 1.807) is 0 Å². The maximum absolute atomic E-state index is 11.6. The van der Waals surface area contributed by atoms with Crippen LogP contribution < -0.4 is 0 Å². The van der Waals surface area contributed by atoms with Gasteiger partial charge >= 0.3 is 5.97 Å². The van der Waals surface area contributed by atoms with E-state index >= 15 is 0 Å². The molecule has 120 valence electrons. The van der Waals surface area contributed by atoms with Crippen molar-refractivity contribution in [1.29, 1.82) is 0 Å². The first-order valence-corrected chi connectivity index (χ1v) is 9.41. The van der Waals surface area contributed by atoms with Gasteiger partial charge in [-0.05, 0) is 63.1 Å². The molecule has 1 atom stereocenters. The summed E-state index contributed by atoms with van der Waals surface area (Å²) >= 11 is 2.06. The zero-order chi connectivity index (χ0) is 14.7. The van der Waals surface area contributed by atoms with Crippen molar-refractivity contribution in [2.24, 2.45) is 5.92 Å². The molecule has 0 amide bonds. The number of likely N-dealkylation sites (tertiary alicyclic amines) is 1. The number of ether oxygens (including phenoxy) is 2. The maximum atomic E-state index is 11.6. The van der Waals surface area contributed by atoms with Crippen LogP contribution >= 0.6 is 11.8 Å². The van der Waals surface area contributed by atoms with Gasteiger partial charge in [0.1, 0.15) is 0 Å². The molecule has 3 aliphatic heterocycles. The Balaban J connectivity index is 1.54. The van der Waals surface area contributed by atoms with Gasteiger partial charge in [-0.25, -0.2) is 0 Å². The average molecular weight is 313 g/mol. The zero-order valence-electron chi connectivity index (χ0n) is 13.0. The van der Waals surface area contributed by atoms with Crippen LogP contribution in [0.1, 0.15) is 38.5 Å². The Bertz CT molecular complexity index is 357. The van der Waals surface area contributed by atoms with Crippen LogP contribution in [0.5, 0.6) is 0 Å². The predicted octanol–water partition coefficient (Wildman–Crippen LogP) is 2.32. The number of thioether (sulfide) groups is 1. The third-order valence-electron chi connectivity index (χ3n) is 5.45. The van der Waals surface area contributed by atoms with E-state index in [-0.39, 0.29) is 17.5 Å². The topological polar surface area (TPSA) is 38.8 Å². The van der Waals surface area contributed by atoms with Crippen molar-refractivity contribution in [2.75, 3.05) is 38.3 Å². The number of rotatable bonds is 2. The summed E-state index contributed by atoms with van der Waals surface area (Å²) in [6.07, 6.45) is 6.67. The summed E-state index contributed by atoms with van der Waals surface area (Å²) in [5, 5.41) is 0. The maximum Gasteiger partial charge on any atom is 0.308 e. The van der Waals surface area contributed by atoms with E-state index in [9.17, 15) is 4.79 Å². The van der Waals surface area contributed by atoms with E-state index in [1.807, 2.05) is 0 Å². The summed E-state index contributed by atoms with van der Waals surface area (Å²) in [7, 11) is 1.50. The predicted molar refractivity (Wildman–Crippen MR) is 84.6 cm³/mol. The fourth-order valence-corrected chi connectivity index (χ4v) is 5.31. The van der Waals surface area contributed by atoms with Crippen molar-refractivity contribution in [2.45, 2.75) is 50.2 Å². The molecule has 0 aliphatic carbocycles. The standard InChI is InChI=1S/C16H27NO3S/c1-19-15(18)13-2-7-17(8-3-13)14-4-9-20-16(12-14)5-10-21-11-6-16/h13-14H,2-12H2,1H3. The van der Waals surface area contributed by atoms with Gasteiger partial charge in [0, 0.05) is 12.6 Å². The van der Waals surface area contributed by atoms with Crippen LogP contribution in [0, 0.1) is 5.92 Å². The summed E-state index contributed by atoms with van der Waals surface area (Å²) in [4.78, 5) is 14.2. The van der Waals surface area contributed by atoms with Crippen LogP contribution in [0.3, 0.4) is 0 Å². The molecule has 1 spiro atoms. The second-order valence-corrected chi connectivity index (χ2v) is 7.85. The molecule has 0 aromatic carbocycles. The van der Waals surface area contributed by atoms with Gasteiger partial charge in [0.25, 0.3) is 0 Å². The molecule has 0 aromatic heterocycles. The first kappa shape index (κ1) is 15.6. The monoisotopic (exact) mass is 313 g/mol. The van der Waals surface area contributed by atoms with E-state index in [1.165, 1.54) is 37.9 Å². The van der Waals surface area contributed by atoms with Gasteiger partial charge in [-0.3, -0.25) is 4.79 Å². The second-order valence-electron chi connectivity index (χ2n) is 6.62. The number of methoxy groups -OCH3 is 1. The van der Waals surface area contributed by atoms with E-state index in [4.69, 9.17) is 9.47 Å². The number of carbonyl (C=O) groups is 1. The van der Waals surface area contributed by atoms with Crippen molar-refractivity contribution in [3.63, 3.8) is 0 Å². The van der Waals surface area contributed by atoms with Crippen LogP contribution in [0.25, 0.3) is 0 Å². The highest BCUT2D eigenvalue weighted by molar-refractivity contribution is 7.99. The molecular formula is C16H27NO3S. The molecule has 3 rings (SSSR count). The quantitative estimate of drug-likeness (QED) is 0.732. The van der Waals surface area contributed by atoms with E-state index in [0.717, 1.165) is 39.0 Å². The van der Waals surface area contributed by atoms with E-state index < -0.39 is 0 Å². The molecule has 3 heterocycles. The van der Waals surface area contributed by atoms with Gasteiger partial charge in [0.05, 0.1) is 18.6 Å². The molecule has 4 nitrogen and oxygen atoms in total. The third-order valence-corrected chi connectivity index (χ3v) is 6.44. The molecule has 1 unspecified atom stereocenters. The average Bonchev–Trinajstić information content (AvgIpc) is 2.55. The first-order chi connectivity index (χ1) is 10.2. The molecule has 0 saturated carbocycles. The minimum atomic E-state index is -0.0256. The normalized spacial score (nSPS) is 31.2. The van der Waals surface area contributed by atoms with Crippen molar-refractivity contribution < 1.29 is 14.3 Å². The minimum Gasteiger partial charge on any atom is -0.469 e. The molecule has 0 radical (unpaired) electrons. The van der Waals surface area contributed by atoms with Gasteiger partial charge in [0.2, 0.25) is 0 Å². The lowest BCUT2D eigenvalue weighted by Gasteiger charge is -2.47. The molecular weight excluding hydrogens is 286 g/mol. The highest BCUT2D eigenvalue weighted by atomic mass is 32.2. The number of hydrogen-bond donors (Lipinski definition) is 0. The van der Waals surface area contributed by atoms with Gasteiger partial charge in [-0.1, -0.05) is 0 Å². The molecule has 5 heteroatoms. The van der Waals surface area contributed by atoms with Crippen LogP contribution in [0.2, 0.25) is 0 Å². The van der Waals surface area contributed by atoms with Crippen LogP contribution in [-0.2, 0) is 14.3 Å². The van der Waals surface area contributed by atoms with Crippen LogP contribution in [-0.4, -0.2) is 60.8 Å². The molecule has 0 bridgehead atoms. The first-order valence-electron chi connectivity index (χ1n) is 8.26. The van der Waals surface area contributed by atoms with Crippen molar-refractivity contribution >= 4 is 17.7 Å². The summed E-state index contributed by atoms with van der Waals surface area (Å²) in [5.41, 5.74) is 0.160. The second kappa shape index (κ2) is 6.88. The lowest BCUT2D eigenvalue weighted by Crippen LogP contribution is -2.52. The van der Waals surface area contributed by atoms with E-state index in [2.05, 4.69) is 16.7 Å². The molecule has 0 N–H and O–H groups in total. The van der Waals surface area contributed by atoms with Crippen molar-refractivity contribution in [3.8, 4) is 0 Å². The lowest BCUT2D eigenvalue weighted by atomic mass is 9.83. The van der Waals surface area contributed by atoms with Gasteiger partial charge in [-0.15, -0.1) is 0 Å². The van der Waals surface area contributed by atoms with Gasteiger partial charge < -0.3 is 14.4 Å². The smallest absolute Gasteiger partial charge is 0.308 e. The Morgan fingerprint density at radius 1 is 1.24 bits per heavy atom. The molecule has 0 aromatic rings. The van der Waals surface area contributed by atoms with Gasteiger partial charge in [0.15, 0.2) is 0 Å². The Morgan fingerprint density at radius 3 is 2.62 bits per heavy atom. The molecule has 21 heavy (non-hydrogen) atoms. The lowest BCUT2D eigenvalue weighted by molar-refractivity contribution is -0.148. The number of carbonyl (C=O) groups excluding carboxylic acids is 1. The Hall–Kier alpha value is -0.260. The fraction of sp³-hybridized carbons (Fsp3) is 0.938. The number of piperidine rings is 1. The minimum absolute atomic E-state index is 0.0256. The summed E-state index contributed by atoms with van der Waals surface area (Å²) in [6, 6.07) is 0.653. The van der Waals surface area contributed by atoms with Gasteiger partial charge in [-0.2, -0.15) is 11.8 Å². The Morgan fingerprint density at radius 2 is 1.95 bits per heavy atom. The summed E-state index contributed by atoms with van der Waals surface area (Å²) in [5.74, 6) is 2.59. The fourth-order valence-electron chi connectivity index (χ4n) is 4.07. The van der Waals surface area contributed by atoms with Crippen molar-refractivity contribution in [1.82, 2.24) is 4.90 Å². The third kappa shape index (κ3) is 3.57. The highest BCUT2D eigenvalue weighted by Gasteiger charge is 2.41. The summed E-state index contributed by atoms with van der Waals surface area (Å²) < 4.78 is 11.1. The van der Waals surface area contributed by atoms with Crippen molar-refractivity contribution in [3.05, 3.63) is 0 Å². The number of nitrogens with zero attached hydrogens (tertiary/aromatic N) is 1. The molecule has 3 saturated heterocycles. The molecule has 3 aliphatic rings. The number of hydrogen-bond acceptors (Lipinski definition) is 5. The van der Waals surface area contributed by atoms with Crippen LogP contribution in [0.4, 0.5) is 0 Å². The van der Waals surface area contributed by atoms with Crippen LogP contribution in [0.15, 0.2) is 0 Å². The zero-order valence-corrected chi connectivity index (χ0v) is 13.8. The number of esters is 1. The van der Waals surface area contributed by atoms with E-state index in [0.29, 0.717) is 6.04 Å². The SMILES string of the molecule is COC(=O)C1CCN(C2CCOC3(CCSCC3)C2)CC1. The molecule has 3 fully saturated rings. The summed E-state index contributed by atoms with van der Waals surface area (Å²) in [6.45, 7) is 2.98.